The highest BCUT2D eigenvalue weighted by atomic mass is 32.1. The molecule has 0 unspecified atom stereocenters. The van der Waals surface area contributed by atoms with E-state index in [4.69, 9.17) is 5.73 Å². The normalized spacial score (nSPS) is 16.5. The van der Waals surface area contributed by atoms with Gasteiger partial charge in [-0.3, -0.25) is 4.79 Å². The number of amides is 1. The Labute approximate surface area is 92.2 Å². The highest BCUT2D eigenvalue weighted by molar-refractivity contribution is 7.13. The third kappa shape index (κ3) is 2.36. The summed E-state index contributed by atoms with van der Waals surface area (Å²) >= 11 is 1.52. The molecular formula is C10H13N3OS. The van der Waals surface area contributed by atoms with Crippen LogP contribution >= 0.6 is 11.3 Å². The number of anilines is 1. The Kier molecular flexibility index (Phi) is 3.01. The van der Waals surface area contributed by atoms with Crippen molar-refractivity contribution in [2.75, 3.05) is 5.32 Å². The summed E-state index contributed by atoms with van der Waals surface area (Å²) in [5.41, 5.74) is 7.01. The Morgan fingerprint density at radius 1 is 1.47 bits per heavy atom. The summed E-state index contributed by atoms with van der Waals surface area (Å²) in [5, 5.41) is 5.90. The topological polar surface area (TPSA) is 68.0 Å². The molecule has 4 nitrogen and oxygen atoms in total. The molecule has 5 heteroatoms. The molecule has 15 heavy (non-hydrogen) atoms. The molecule has 0 fully saturated rings. The number of rotatable bonds is 3. The first-order valence-corrected chi connectivity index (χ1v) is 5.83. The number of nitrogens with one attached hydrogen (secondary N) is 1. The zero-order valence-electron chi connectivity index (χ0n) is 8.32. The van der Waals surface area contributed by atoms with Crippen LogP contribution < -0.4 is 11.1 Å². The van der Waals surface area contributed by atoms with E-state index in [2.05, 4.69) is 10.3 Å². The minimum Gasteiger partial charge on any atom is -0.366 e. The first-order chi connectivity index (χ1) is 7.27. The van der Waals surface area contributed by atoms with Crippen molar-refractivity contribution in [2.24, 2.45) is 5.73 Å². The van der Waals surface area contributed by atoms with Gasteiger partial charge in [0.25, 0.3) is 0 Å². The molecule has 80 valence electrons. The number of primary amides is 1. The van der Waals surface area contributed by atoms with Crippen LogP contribution in [-0.4, -0.2) is 10.9 Å². The minimum absolute atomic E-state index is 0.311. The molecule has 0 saturated carbocycles. The summed E-state index contributed by atoms with van der Waals surface area (Å²) in [6.07, 6.45) is 5.55. The molecule has 0 saturated heterocycles. The SMILES string of the molecule is NC(=O)C1=C(Nc2nccs2)CCCC1. The van der Waals surface area contributed by atoms with Crippen LogP contribution in [0.15, 0.2) is 22.8 Å². The van der Waals surface area contributed by atoms with Crippen LogP contribution in [0.2, 0.25) is 0 Å². The lowest BCUT2D eigenvalue weighted by Gasteiger charge is -2.18. The Hall–Kier alpha value is -1.36. The van der Waals surface area contributed by atoms with Crippen molar-refractivity contribution in [1.82, 2.24) is 4.98 Å². The van der Waals surface area contributed by atoms with Crippen molar-refractivity contribution in [3.63, 3.8) is 0 Å². The number of hydrogen-bond donors (Lipinski definition) is 2. The number of hydrogen-bond acceptors (Lipinski definition) is 4. The first kappa shape index (κ1) is 10.2. The van der Waals surface area contributed by atoms with Gasteiger partial charge in [0.1, 0.15) is 0 Å². The molecule has 0 aliphatic heterocycles. The summed E-state index contributed by atoms with van der Waals surface area (Å²) in [7, 11) is 0. The molecule has 1 aliphatic rings. The van der Waals surface area contributed by atoms with Crippen LogP contribution in [0.5, 0.6) is 0 Å². The summed E-state index contributed by atoms with van der Waals surface area (Å²) in [4.78, 5) is 15.3. The summed E-state index contributed by atoms with van der Waals surface area (Å²) in [6.45, 7) is 0. The molecule has 1 aromatic heterocycles. The Balaban J connectivity index is 2.20. The molecule has 3 N–H and O–H groups in total. The van der Waals surface area contributed by atoms with Crippen molar-refractivity contribution < 1.29 is 4.79 Å². The molecule has 0 aromatic carbocycles. The zero-order valence-corrected chi connectivity index (χ0v) is 9.14. The quantitative estimate of drug-likeness (QED) is 0.822. The maximum Gasteiger partial charge on any atom is 0.246 e. The second-order valence-electron chi connectivity index (χ2n) is 3.49. The van der Waals surface area contributed by atoms with Crippen LogP contribution in [0.1, 0.15) is 25.7 Å². The van der Waals surface area contributed by atoms with Gasteiger partial charge in [-0.25, -0.2) is 4.98 Å². The van der Waals surface area contributed by atoms with E-state index in [0.717, 1.165) is 42.1 Å². The number of allylic oxidation sites excluding steroid dienone is 1. The van der Waals surface area contributed by atoms with Gasteiger partial charge in [-0.1, -0.05) is 0 Å². The van der Waals surface area contributed by atoms with E-state index in [0.29, 0.717) is 0 Å². The number of nitrogens with two attached hydrogens (primary N) is 1. The fourth-order valence-corrected chi connectivity index (χ4v) is 2.28. The van der Waals surface area contributed by atoms with Gasteiger partial charge >= 0.3 is 0 Å². The molecule has 1 aliphatic carbocycles. The van der Waals surface area contributed by atoms with Crippen LogP contribution in [0, 0.1) is 0 Å². The predicted molar refractivity (Wildman–Crippen MR) is 60.4 cm³/mol. The van der Waals surface area contributed by atoms with Crippen LogP contribution in [0.25, 0.3) is 0 Å². The highest BCUT2D eigenvalue weighted by Gasteiger charge is 2.17. The second-order valence-corrected chi connectivity index (χ2v) is 4.39. The van der Waals surface area contributed by atoms with Crippen LogP contribution in [0.4, 0.5) is 5.13 Å². The van der Waals surface area contributed by atoms with Gasteiger partial charge in [0.05, 0.1) is 0 Å². The van der Waals surface area contributed by atoms with Crippen molar-refractivity contribution in [3.05, 3.63) is 22.8 Å². The average molecular weight is 223 g/mol. The van der Waals surface area contributed by atoms with E-state index < -0.39 is 0 Å². The number of nitrogens with zero attached hydrogens (tertiary/aromatic N) is 1. The lowest BCUT2D eigenvalue weighted by molar-refractivity contribution is -0.114. The Bertz CT molecular complexity index is 383. The van der Waals surface area contributed by atoms with Gasteiger partial charge in [-0.05, 0) is 25.7 Å². The molecule has 0 radical (unpaired) electrons. The van der Waals surface area contributed by atoms with E-state index in [-0.39, 0.29) is 5.91 Å². The Morgan fingerprint density at radius 3 is 2.93 bits per heavy atom. The van der Waals surface area contributed by atoms with Gasteiger partial charge in [-0.2, -0.15) is 0 Å². The van der Waals surface area contributed by atoms with Crippen molar-refractivity contribution >= 4 is 22.4 Å². The van der Waals surface area contributed by atoms with E-state index in [1.165, 1.54) is 11.3 Å². The van der Waals surface area contributed by atoms with E-state index in [9.17, 15) is 4.79 Å². The fraction of sp³-hybridized carbons (Fsp3) is 0.400. The maximum absolute atomic E-state index is 11.2. The molecule has 0 spiro atoms. The monoisotopic (exact) mass is 223 g/mol. The molecule has 0 atom stereocenters. The summed E-state index contributed by atoms with van der Waals surface area (Å²) in [6, 6.07) is 0. The molecule has 1 amide bonds. The van der Waals surface area contributed by atoms with Gasteiger partial charge in [0, 0.05) is 22.8 Å². The van der Waals surface area contributed by atoms with Crippen molar-refractivity contribution in [3.8, 4) is 0 Å². The third-order valence-electron chi connectivity index (χ3n) is 2.46. The summed E-state index contributed by atoms with van der Waals surface area (Å²) < 4.78 is 0. The lowest BCUT2D eigenvalue weighted by atomic mass is 9.96. The van der Waals surface area contributed by atoms with E-state index in [1.54, 1.807) is 6.20 Å². The van der Waals surface area contributed by atoms with Gasteiger partial charge in [-0.15, -0.1) is 11.3 Å². The minimum atomic E-state index is -0.311. The fourth-order valence-electron chi connectivity index (χ4n) is 1.73. The second kappa shape index (κ2) is 4.44. The van der Waals surface area contributed by atoms with Gasteiger partial charge < -0.3 is 11.1 Å². The average Bonchev–Trinajstić information content (AvgIpc) is 2.71. The lowest BCUT2D eigenvalue weighted by Crippen LogP contribution is -2.20. The molecular weight excluding hydrogens is 210 g/mol. The number of thiazole rings is 1. The highest BCUT2D eigenvalue weighted by Crippen LogP contribution is 2.26. The number of carbonyl (C=O) groups is 1. The Morgan fingerprint density at radius 2 is 2.27 bits per heavy atom. The number of carbonyl (C=O) groups excluding carboxylic acids is 1. The molecule has 1 aromatic rings. The van der Waals surface area contributed by atoms with Crippen LogP contribution in [-0.2, 0) is 4.79 Å². The predicted octanol–water partition coefficient (Wildman–Crippen LogP) is 1.87. The van der Waals surface area contributed by atoms with Gasteiger partial charge in [0.2, 0.25) is 5.91 Å². The molecule has 2 rings (SSSR count). The van der Waals surface area contributed by atoms with E-state index >= 15 is 0 Å². The smallest absolute Gasteiger partial charge is 0.246 e. The summed E-state index contributed by atoms with van der Waals surface area (Å²) in [5.74, 6) is -0.311. The van der Waals surface area contributed by atoms with Crippen LogP contribution in [0.3, 0.4) is 0 Å². The largest absolute Gasteiger partial charge is 0.366 e. The maximum atomic E-state index is 11.2. The number of aromatic nitrogens is 1. The van der Waals surface area contributed by atoms with E-state index in [1.807, 2.05) is 5.38 Å². The zero-order chi connectivity index (χ0) is 10.7. The van der Waals surface area contributed by atoms with Crippen molar-refractivity contribution in [2.45, 2.75) is 25.7 Å². The standard InChI is InChI=1S/C10H13N3OS/c11-9(14)7-3-1-2-4-8(7)13-10-12-5-6-15-10/h5-6H,1-4H2,(H2,11,14)(H,12,13). The first-order valence-electron chi connectivity index (χ1n) is 4.95. The van der Waals surface area contributed by atoms with Gasteiger partial charge in [0.15, 0.2) is 5.13 Å². The van der Waals surface area contributed by atoms with Crippen molar-refractivity contribution in [1.29, 1.82) is 0 Å². The third-order valence-corrected chi connectivity index (χ3v) is 3.14. The molecule has 0 bridgehead atoms. The molecule has 1 heterocycles.